The minimum absolute atomic E-state index is 0.0844. The number of pyridine rings is 1. The molecule has 24 heavy (non-hydrogen) atoms. The molecule has 130 valence electrons. The Morgan fingerprint density at radius 3 is 2.58 bits per heavy atom. The second-order valence-electron chi connectivity index (χ2n) is 7.07. The normalized spacial score (nSPS) is 22.6. The van der Waals surface area contributed by atoms with Crippen molar-refractivity contribution >= 4 is 11.8 Å². The minimum atomic E-state index is -0.131. The lowest BCUT2D eigenvalue weighted by Crippen LogP contribution is -2.44. The zero-order valence-corrected chi connectivity index (χ0v) is 14.4. The number of hydrogen-bond acceptors (Lipinski definition) is 4. The fourth-order valence-electron chi connectivity index (χ4n) is 3.88. The zero-order chi connectivity index (χ0) is 17.2. The molecule has 0 aliphatic carbocycles. The second-order valence-corrected chi connectivity index (χ2v) is 7.07. The molecule has 0 radical (unpaired) electrons. The SMILES string of the molecule is CN(C)C(=O)C1CN(C(=O)Cc2ccncc2)CC12CCOCC2. The van der Waals surface area contributed by atoms with E-state index in [1.165, 1.54) is 0 Å². The molecule has 0 bridgehead atoms. The molecule has 3 heterocycles. The first kappa shape index (κ1) is 16.9. The van der Waals surface area contributed by atoms with E-state index >= 15 is 0 Å². The Labute approximate surface area is 142 Å². The van der Waals surface area contributed by atoms with Gasteiger partial charge in [-0.2, -0.15) is 0 Å². The number of hydrogen-bond donors (Lipinski definition) is 0. The molecule has 2 aliphatic heterocycles. The molecule has 0 aromatic carbocycles. The van der Waals surface area contributed by atoms with Crippen LogP contribution in [0.3, 0.4) is 0 Å². The molecule has 1 atom stereocenters. The van der Waals surface area contributed by atoms with Gasteiger partial charge in [0.15, 0.2) is 0 Å². The monoisotopic (exact) mass is 331 g/mol. The van der Waals surface area contributed by atoms with Crippen LogP contribution in [0.5, 0.6) is 0 Å². The van der Waals surface area contributed by atoms with Gasteiger partial charge in [-0.3, -0.25) is 14.6 Å². The van der Waals surface area contributed by atoms with Crippen LogP contribution in [0.1, 0.15) is 18.4 Å². The fourth-order valence-corrected chi connectivity index (χ4v) is 3.88. The number of amides is 2. The van der Waals surface area contributed by atoms with Crippen LogP contribution in [0.4, 0.5) is 0 Å². The summed E-state index contributed by atoms with van der Waals surface area (Å²) < 4.78 is 5.50. The molecular formula is C18H25N3O3. The quantitative estimate of drug-likeness (QED) is 0.828. The van der Waals surface area contributed by atoms with Crippen molar-refractivity contribution < 1.29 is 14.3 Å². The van der Waals surface area contributed by atoms with Crippen molar-refractivity contribution in [2.24, 2.45) is 11.3 Å². The van der Waals surface area contributed by atoms with E-state index in [0.717, 1.165) is 18.4 Å². The van der Waals surface area contributed by atoms with Crippen molar-refractivity contribution in [3.05, 3.63) is 30.1 Å². The molecule has 6 nitrogen and oxygen atoms in total. The minimum Gasteiger partial charge on any atom is -0.381 e. The predicted molar refractivity (Wildman–Crippen MR) is 89.2 cm³/mol. The number of carbonyl (C=O) groups is 2. The third kappa shape index (κ3) is 3.29. The van der Waals surface area contributed by atoms with Crippen molar-refractivity contribution in [1.29, 1.82) is 0 Å². The van der Waals surface area contributed by atoms with Crippen LogP contribution in [0.25, 0.3) is 0 Å². The lowest BCUT2D eigenvalue weighted by molar-refractivity contribution is -0.138. The van der Waals surface area contributed by atoms with E-state index in [0.29, 0.717) is 32.7 Å². The van der Waals surface area contributed by atoms with Crippen molar-refractivity contribution in [3.8, 4) is 0 Å². The van der Waals surface area contributed by atoms with Gasteiger partial charge in [0.1, 0.15) is 0 Å². The molecule has 2 saturated heterocycles. The Balaban J connectivity index is 1.76. The third-order valence-electron chi connectivity index (χ3n) is 5.33. The standard InChI is InChI=1S/C18H25N3O3/c1-20(2)17(23)15-12-21(13-18(15)5-9-24-10-6-18)16(22)11-14-3-7-19-8-4-14/h3-4,7-8,15H,5-6,9-13H2,1-2H3. The van der Waals surface area contributed by atoms with Gasteiger partial charge in [0.25, 0.3) is 0 Å². The average Bonchev–Trinajstić information content (AvgIpc) is 2.94. The molecule has 1 unspecified atom stereocenters. The Bertz CT molecular complexity index is 597. The van der Waals surface area contributed by atoms with Gasteiger partial charge in [-0.25, -0.2) is 0 Å². The first-order chi connectivity index (χ1) is 11.5. The summed E-state index contributed by atoms with van der Waals surface area (Å²) in [6.07, 6.45) is 5.44. The topological polar surface area (TPSA) is 62.7 Å². The summed E-state index contributed by atoms with van der Waals surface area (Å²) in [5, 5.41) is 0. The highest BCUT2D eigenvalue weighted by Gasteiger charge is 2.51. The summed E-state index contributed by atoms with van der Waals surface area (Å²) in [7, 11) is 3.58. The number of nitrogens with zero attached hydrogens (tertiary/aromatic N) is 3. The van der Waals surface area contributed by atoms with Crippen LogP contribution in [-0.2, 0) is 20.7 Å². The lowest BCUT2D eigenvalue weighted by Gasteiger charge is -2.37. The van der Waals surface area contributed by atoms with E-state index in [9.17, 15) is 9.59 Å². The zero-order valence-electron chi connectivity index (χ0n) is 14.4. The Hall–Kier alpha value is -1.95. The summed E-state index contributed by atoms with van der Waals surface area (Å²) in [4.78, 5) is 32.9. The van der Waals surface area contributed by atoms with E-state index in [1.807, 2.05) is 17.0 Å². The van der Waals surface area contributed by atoms with E-state index in [1.54, 1.807) is 31.4 Å². The molecule has 0 saturated carbocycles. The molecule has 6 heteroatoms. The number of ether oxygens (including phenoxy) is 1. The van der Waals surface area contributed by atoms with Crippen LogP contribution < -0.4 is 0 Å². The van der Waals surface area contributed by atoms with E-state index < -0.39 is 0 Å². The fraction of sp³-hybridized carbons (Fsp3) is 0.611. The summed E-state index contributed by atoms with van der Waals surface area (Å²) >= 11 is 0. The average molecular weight is 331 g/mol. The first-order valence-electron chi connectivity index (χ1n) is 8.47. The summed E-state index contributed by atoms with van der Waals surface area (Å²) in [5.74, 6) is 0.0787. The molecule has 1 aromatic rings. The Kier molecular flexibility index (Phi) is 4.85. The molecule has 2 aliphatic rings. The van der Waals surface area contributed by atoms with Gasteiger partial charge in [-0.15, -0.1) is 0 Å². The van der Waals surface area contributed by atoms with Gasteiger partial charge in [0.2, 0.25) is 11.8 Å². The maximum Gasteiger partial charge on any atom is 0.227 e. The van der Waals surface area contributed by atoms with Crippen LogP contribution in [-0.4, -0.2) is 67.0 Å². The first-order valence-corrected chi connectivity index (χ1v) is 8.47. The number of rotatable bonds is 3. The van der Waals surface area contributed by atoms with E-state index in [2.05, 4.69) is 4.98 Å². The van der Waals surface area contributed by atoms with Gasteiger partial charge < -0.3 is 14.5 Å². The Morgan fingerprint density at radius 2 is 1.96 bits per heavy atom. The van der Waals surface area contributed by atoms with Crippen LogP contribution >= 0.6 is 0 Å². The molecule has 2 amide bonds. The lowest BCUT2D eigenvalue weighted by atomic mass is 9.71. The molecular weight excluding hydrogens is 306 g/mol. The maximum atomic E-state index is 12.7. The molecule has 1 spiro atoms. The number of carbonyl (C=O) groups excluding carboxylic acids is 2. The van der Waals surface area contributed by atoms with Crippen molar-refractivity contribution in [2.75, 3.05) is 40.4 Å². The molecule has 0 N–H and O–H groups in total. The smallest absolute Gasteiger partial charge is 0.227 e. The van der Waals surface area contributed by atoms with Gasteiger partial charge in [-0.1, -0.05) is 0 Å². The molecule has 3 rings (SSSR count). The molecule has 1 aromatic heterocycles. The number of aromatic nitrogens is 1. The van der Waals surface area contributed by atoms with Crippen molar-refractivity contribution in [2.45, 2.75) is 19.3 Å². The maximum absolute atomic E-state index is 12.7. The van der Waals surface area contributed by atoms with E-state index in [-0.39, 0.29) is 23.1 Å². The highest BCUT2D eigenvalue weighted by Crippen LogP contribution is 2.45. The second kappa shape index (κ2) is 6.89. The predicted octanol–water partition coefficient (Wildman–Crippen LogP) is 0.967. The van der Waals surface area contributed by atoms with Crippen LogP contribution in [0.2, 0.25) is 0 Å². The summed E-state index contributed by atoms with van der Waals surface area (Å²) in [5.41, 5.74) is 0.825. The largest absolute Gasteiger partial charge is 0.381 e. The van der Waals surface area contributed by atoms with Gasteiger partial charge >= 0.3 is 0 Å². The van der Waals surface area contributed by atoms with Gasteiger partial charge in [0, 0.05) is 58.2 Å². The van der Waals surface area contributed by atoms with Crippen LogP contribution in [0.15, 0.2) is 24.5 Å². The Morgan fingerprint density at radius 1 is 1.29 bits per heavy atom. The third-order valence-corrected chi connectivity index (χ3v) is 5.33. The summed E-state index contributed by atoms with van der Waals surface area (Å²) in [6.45, 7) is 2.51. The van der Waals surface area contributed by atoms with E-state index in [4.69, 9.17) is 4.74 Å². The highest BCUT2D eigenvalue weighted by atomic mass is 16.5. The highest BCUT2D eigenvalue weighted by molar-refractivity contribution is 5.83. The van der Waals surface area contributed by atoms with Crippen molar-refractivity contribution in [1.82, 2.24) is 14.8 Å². The summed E-state index contributed by atoms with van der Waals surface area (Å²) in [6, 6.07) is 3.72. The van der Waals surface area contributed by atoms with Gasteiger partial charge in [0.05, 0.1) is 12.3 Å². The van der Waals surface area contributed by atoms with Crippen LogP contribution in [0, 0.1) is 11.3 Å². The van der Waals surface area contributed by atoms with Crippen molar-refractivity contribution in [3.63, 3.8) is 0 Å². The number of likely N-dealkylation sites (tertiary alicyclic amines) is 1. The molecule has 2 fully saturated rings. The van der Waals surface area contributed by atoms with Gasteiger partial charge in [-0.05, 0) is 30.5 Å².